The van der Waals surface area contributed by atoms with Crippen LogP contribution in [0.25, 0.3) is 0 Å². The molecule has 3 nitrogen and oxygen atoms in total. The van der Waals surface area contributed by atoms with Crippen molar-refractivity contribution in [1.29, 1.82) is 0 Å². The second kappa shape index (κ2) is 3.17. The lowest BCUT2D eigenvalue weighted by molar-refractivity contribution is 0.489. The van der Waals surface area contributed by atoms with E-state index in [0.717, 1.165) is 31.4 Å². The van der Waals surface area contributed by atoms with E-state index in [1.54, 1.807) is 0 Å². The van der Waals surface area contributed by atoms with Crippen LogP contribution in [0.15, 0.2) is 17.3 Å². The van der Waals surface area contributed by atoms with Crippen LogP contribution in [0, 0.1) is 5.92 Å². The lowest BCUT2D eigenvalue weighted by Crippen LogP contribution is -2.31. The monoisotopic (exact) mass is 165 g/mol. The van der Waals surface area contributed by atoms with E-state index in [-0.39, 0.29) is 0 Å². The zero-order valence-electron chi connectivity index (χ0n) is 7.45. The van der Waals surface area contributed by atoms with Gasteiger partial charge in [0.2, 0.25) is 0 Å². The second-order valence-corrected chi connectivity index (χ2v) is 3.57. The maximum Gasteiger partial charge on any atom is 0.148 e. The van der Waals surface area contributed by atoms with Crippen LogP contribution in [0.3, 0.4) is 0 Å². The summed E-state index contributed by atoms with van der Waals surface area (Å²) >= 11 is 0. The number of rotatable bonds is 0. The Balaban J connectivity index is 2.00. The molecular formula is C9H15N3. The number of likely N-dealkylation sites (tertiary alicyclic amines) is 1. The van der Waals surface area contributed by atoms with Gasteiger partial charge in [-0.2, -0.15) is 5.10 Å². The van der Waals surface area contributed by atoms with E-state index in [1.807, 2.05) is 0 Å². The van der Waals surface area contributed by atoms with Crippen LogP contribution in [0.1, 0.15) is 13.3 Å². The van der Waals surface area contributed by atoms with Gasteiger partial charge in [-0.3, -0.25) is 0 Å². The van der Waals surface area contributed by atoms with E-state index in [4.69, 9.17) is 0 Å². The summed E-state index contributed by atoms with van der Waals surface area (Å²) in [6.45, 7) is 5.48. The molecule has 1 N–H and O–H groups in total. The Bertz CT molecular complexity index is 220. The van der Waals surface area contributed by atoms with Gasteiger partial charge in [0.25, 0.3) is 0 Å². The lowest BCUT2D eigenvalue weighted by atomic mass is 10.2. The first kappa shape index (κ1) is 7.65. The minimum Gasteiger partial charge on any atom is -0.355 e. The highest BCUT2D eigenvalue weighted by atomic mass is 15.4. The molecule has 2 heterocycles. The fourth-order valence-corrected chi connectivity index (χ4v) is 1.70. The molecule has 0 bridgehead atoms. The van der Waals surface area contributed by atoms with Crippen molar-refractivity contribution in [1.82, 2.24) is 10.3 Å². The predicted octanol–water partition coefficient (Wildman–Crippen LogP) is 0.801. The Labute approximate surface area is 73.1 Å². The lowest BCUT2D eigenvalue weighted by Gasteiger charge is -2.19. The van der Waals surface area contributed by atoms with Crippen molar-refractivity contribution in [2.45, 2.75) is 13.3 Å². The molecule has 0 radical (unpaired) electrons. The molecule has 0 amide bonds. The van der Waals surface area contributed by atoms with Gasteiger partial charge in [0, 0.05) is 13.1 Å². The fraction of sp³-hybridized carbons (Fsp3) is 0.667. The van der Waals surface area contributed by atoms with Gasteiger partial charge in [-0.1, -0.05) is 13.0 Å². The predicted molar refractivity (Wildman–Crippen MR) is 49.9 cm³/mol. The largest absolute Gasteiger partial charge is 0.355 e. The maximum atomic E-state index is 4.25. The summed E-state index contributed by atoms with van der Waals surface area (Å²) in [6, 6.07) is 0. The first-order valence-corrected chi connectivity index (χ1v) is 4.58. The molecule has 1 unspecified atom stereocenters. The second-order valence-electron chi connectivity index (χ2n) is 3.57. The number of amidine groups is 1. The Hall–Kier alpha value is -0.990. The molecule has 0 aromatic heterocycles. The van der Waals surface area contributed by atoms with Crippen molar-refractivity contribution < 1.29 is 0 Å². The SMILES string of the molecule is CC1CCN(C2=NNCC=C2)C1. The van der Waals surface area contributed by atoms with Crippen molar-refractivity contribution in [2.24, 2.45) is 11.0 Å². The molecule has 0 aromatic rings. The van der Waals surface area contributed by atoms with Crippen LogP contribution in [-0.4, -0.2) is 30.4 Å². The van der Waals surface area contributed by atoms with Crippen LogP contribution in [0.4, 0.5) is 0 Å². The van der Waals surface area contributed by atoms with Crippen molar-refractivity contribution >= 4 is 5.84 Å². The Morgan fingerprint density at radius 2 is 2.58 bits per heavy atom. The number of nitrogens with one attached hydrogen (secondary N) is 1. The molecule has 1 atom stereocenters. The van der Waals surface area contributed by atoms with E-state index in [1.165, 1.54) is 6.42 Å². The third-order valence-electron chi connectivity index (χ3n) is 2.42. The highest BCUT2D eigenvalue weighted by Gasteiger charge is 2.20. The molecule has 2 aliphatic heterocycles. The number of nitrogens with zero attached hydrogens (tertiary/aromatic N) is 2. The summed E-state index contributed by atoms with van der Waals surface area (Å²) in [6.07, 6.45) is 5.52. The average Bonchev–Trinajstić information content (AvgIpc) is 2.54. The molecule has 3 heteroatoms. The van der Waals surface area contributed by atoms with E-state index in [0.29, 0.717) is 0 Å². The molecule has 0 saturated carbocycles. The maximum absolute atomic E-state index is 4.25. The van der Waals surface area contributed by atoms with E-state index < -0.39 is 0 Å². The molecule has 2 aliphatic rings. The minimum atomic E-state index is 0.822. The normalized spacial score (nSPS) is 28.6. The summed E-state index contributed by atoms with van der Waals surface area (Å²) in [5.74, 6) is 1.92. The van der Waals surface area contributed by atoms with Gasteiger partial charge < -0.3 is 10.3 Å². The minimum absolute atomic E-state index is 0.822. The van der Waals surface area contributed by atoms with Crippen molar-refractivity contribution in [3.05, 3.63) is 12.2 Å². The molecule has 1 saturated heterocycles. The van der Waals surface area contributed by atoms with Gasteiger partial charge in [-0.15, -0.1) is 0 Å². The molecule has 0 spiro atoms. The van der Waals surface area contributed by atoms with Gasteiger partial charge in [-0.25, -0.2) is 0 Å². The van der Waals surface area contributed by atoms with Crippen molar-refractivity contribution in [3.8, 4) is 0 Å². The Morgan fingerprint density at radius 3 is 3.17 bits per heavy atom. The van der Waals surface area contributed by atoms with E-state index in [2.05, 4.69) is 34.5 Å². The molecule has 2 rings (SSSR count). The summed E-state index contributed by atoms with van der Waals surface area (Å²) in [5.41, 5.74) is 2.99. The van der Waals surface area contributed by atoms with Crippen molar-refractivity contribution in [2.75, 3.05) is 19.6 Å². The third kappa shape index (κ3) is 1.44. The highest BCUT2D eigenvalue weighted by molar-refractivity contribution is 5.93. The smallest absolute Gasteiger partial charge is 0.148 e. The zero-order chi connectivity index (χ0) is 8.39. The summed E-state index contributed by atoms with van der Waals surface area (Å²) in [7, 11) is 0. The third-order valence-corrected chi connectivity index (χ3v) is 2.42. The number of hydrazone groups is 1. The summed E-state index contributed by atoms with van der Waals surface area (Å²) in [5, 5.41) is 4.25. The molecule has 0 aliphatic carbocycles. The van der Waals surface area contributed by atoms with Crippen LogP contribution >= 0.6 is 0 Å². The van der Waals surface area contributed by atoms with Gasteiger partial charge in [0.1, 0.15) is 5.84 Å². The molecule has 0 aromatic carbocycles. The Morgan fingerprint density at radius 1 is 1.67 bits per heavy atom. The number of hydrogen-bond acceptors (Lipinski definition) is 3. The van der Waals surface area contributed by atoms with E-state index >= 15 is 0 Å². The first-order chi connectivity index (χ1) is 5.86. The van der Waals surface area contributed by atoms with Gasteiger partial charge in [0.05, 0.1) is 6.54 Å². The average molecular weight is 165 g/mol. The summed E-state index contributed by atoms with van der Waals surface area (Å²) in [4.78, 5) is 2.34. The quantitative estimate of drug-likeness (QED) is 0.575. The van der Waals surface area contributed by atoms with E-state index in [9.17, 15) is 0 Å². The molecule has 1 fully saturated rings. The molecule has 12 heavy (non-hydrogen) atoms. The molecular weight excluding hydrogens is 150 g/mol. The Kier molecular flexibility index (Phi) is 2.02. The van der Waals surface area contributed by atoms with Crippen LogP contribution < -0.4 is 5.43 Å². The van der Waals surface area contributed by atoms with Crippen LogP contribution in [-0.2, 0) is 0 Å². The fourth-order valence-electron chi connectivity index (χ4n) is 1.70. The highest BCUT2D eigenvalue weighted by Crippen LogP contribution is 2.16. The number of hydrogen-bond donors (Lipinski definition) is 1. The van der Waals surface area contributed by atoms with Gasteiger partial charge >= 0.3 is 0 Å². The summed E-state index contributed by atoms with van der Waals surface area (Å²) < 4.78 is 0. The van der Waals surface area contributed by atoms with Gasteiger partial charge in [-0.05, 0) is 18.4 Å². The van der Waals surface area contributed by atoms with Crippen LogP contribution in [0.5, 0.6) is 0 Å². The topological polar surface area (TPSA) is 27.6 Å². The van der Waals surface area contributed by atoms with Gasteiger partial charge in [0.15, 0.2) is 0 Å². The zero-order valence-corrected chi connectivity index (χ0v) is 7.45. The molecule has 66 valence electrons. The van der Waals surface area contributed by atoms with Crippen LogP contribution in [0.2, 0.25) is 0 Å². The standard InChI is InChI=1S/C9H15N3/c1-8-4-6-12(7-8)9-3-2-5-10-11-9/h2-3,8,10H,4-7H2,1H3. The first-order valence-electron chi connectivity index (χ1n) is 4.58. The van der Waals surface area contributed by atoms with Crippen molar-refractivity contribution in [3.63, 3.8) is 0 Å².